The molecule has 3 aliphatic rings. The SMILES string of the molecule is COCC(=O)N1CCOCC2(CN(Cc3cnn(C)c3C3CC3)CCO2)C1. The van der Waals surface area contributed by atoms with Gasteiger partial charge in [0.25, 0.3) is 0 Å². The van der Waals surface area contributed by atoms with Gasteiger partial charge in [-0.25, -0.2) is 0 Å². The maximum absolute atomic E-state index is 12.3. The third-order valence-electron chi connectivity index (χ3n) is 5.72. The number of aryl methyl sites for hydroxylation is 1. The predicted octanol–water partition coefficient (Wildman–Crippen LogP) is 0.374. The molecule has 2 saturated heterocycles. The van der Waals surface area contributed by atoms with Crippen molar-refractivity contribution in [3.05, 3.63) is 17.5 Å². The molecule has 8 nitrogen and oxygen atoms in total. The normalized spacial score (nSPS) is 27.1. The first-order valence-electron chi connectivity index (χ1n) is 9.82. The minimum Gasteiger partial charge on any atom is -0.376 e. The van der Waals surface area contributed by atoms with Crippen LogP contribution < -0.4 is 0 Å². The van der Waals surface area contributed by atoms with Crippen LogP contribution in [0.3, 0.4) is 0 Å². The molecule has 1 atom stereocenters. The summed E-state index contributed by atoms with van der Waals surface area (Å²) < 4.78 is 19.1. The van der Waals surface area contributed by atoms with Crippen molar-refractivity contribution in [3.8, 4) is 0 Å². The standard InChI is InChI=1S/C19H30N4O4/c1-21-18(15-3-4-15)16(9-20-21)10-22-5-8-27-19(12-22)13-23(6-7-26-14-19)17(24)11-25-2/h9,15H,3-8,10-14H2,1-2H3. The molecule has 1 aliphatic carbocycles. The lowest BCUT2D eigenvalue weighted by Gasteiger charge is -2.43. The van der Waals surface area contributed by atoms with Gasteiger partial charge in [-0.2, -0.15) is 5.10 Å². The summed E-state index contributed by atoms with van der Waals surface area (Å²) in [5.41, 5.74) is 2.23. The number of carbonyl (C=O) groups is 1. The van der Waals surface area contributed by atoms with E-state index in [-0.39, 0.29) is 12.5 Å². The van der Waals surface area contributed by atoms with Gasteiger partial charge in [0.05, 0.1) is 32.6 Å². The first-order chi connectivity index (χ1) is 13.1. The summed E-state index contributed by atoms with van der Waals surface area (Å²) in [6.07, 6.45) is 4.54. The van der Waals surface area contributed by atoms with Crippen molar-refractivity contribution in [1.82, 2.24) is 19.6 Å². The highest BCUT2D eigenvalue weighted by Gasteiger charge is 2.41. The van der Waals surface area contributed by atoms with Gasteiger partial charge in [-0.1, -0.05) is 0 Å². The number of hydrogen-bond donors (Lipinski definition) is 0. The van der Waals surface area contributed by atoms with Crippen LogP contribution in [-0.2, 0) is 32.6 Å². The Labute approximate surface area is 160 Å². The monoisotopic (exact) mass is 378 g/mol. The van der Waals surface area contributed by atoms with Crippen LogP contribution in [0.2, 0.25) is 0 Å². The zero-order valence-corrected chi connectivity index (χ0v) is 16.4. The Morgan fingerprint density at radius 3 is 2.96 bits per heavy atom. The van der Waals surface area contributed by atoms with E-state index in [0.29, 0.717) is 38.8 Å². The van der Waals surface area contributed by atoms with Crippen molar-refractivity contribution in [1.29, 1.82) is 0 Å². The molecule has 1 unspecified atom stereocenters. The van der Waals surface area contributed by atoms with E-state index < -0.39 is 5.60 Å². The zero-order chi connectivity index (χ0) is 18.9. The Hall–Kier alpha value is -1.48. The molecule has 0 bridgehead atoms. The number of morpholine rings is 1. The van der Waals surface area contributed by atoms with E-state index in [2.05, 4.69) is 10.00 Å². The quantitative estimate of drug-likeness (QED) is 0.738. The van der Waals surface area contributed by atoms with Crippen molar-refractivity contribution in [2.24, 2.45) is 7.05 Å². The number of hydrogen-bond acceptors (Lipinski definition) is 6. The van der Waals surface area contributed by atoms with Gasteiger partial charge in [0.15, 0.2) is 0 Å². The molecule has 0 aromatic carbocycles. The summed E-state index contributed by atoms with van der Waals surface area (Å²) in [5.74, 6) is 0.664. The highest BCUT2D eigenvalue weighted by molar-refractivity contribution is 5.77. The lowest BCUT2D eigenvalue weighted by atomic mass is 10.0. The smallest absolute Gasteiger partial charge is 0.248 e. The molecule has 1 saturated carbocycles. The molecule has 1 aromatic rings. The highest BCUT2D eigenvalue weighted by atomic mass is 16.5. The van der Waals surface area contributed by atoms with Crippen LogP contribution in [0, 0.1) is 0 Å². The van der Waals surface area contributed by atoms with Gasteiger partial charge in [-0.15, -0.1) is 0 Å². The molecule has 8 heteroatoms. The van der Waals surface area contributed by atoms with Crippen LogP contribution in [-0.4, -0.2) is 90.8 Å². The molecule has 3 fully saturated rings. The van der Waals surface area contributed by atoms with E-state index in [1.54, 1.807) is 7.11 Å². The molecule has 1 aromatic heterocycles. The van der Waals surface area contributed by atoms with E-state index in [9.17, 15) is 4.79 Å². The van der Waals surface area contributed by atoms with Gasteiger partial charge in [-0.05, 0) is 12.8 Å². The van der Waals surface area contributed by atoms with Crippen molar-refractivity contribution < 1.29 is 19.0 Å². The van der Waals surface area contributed by atoms with Crippen LogP contribution in [0.15, 0.2) is 6.20 Å². The number of rotatable bonds is 5. The van der Waals surface area contributed by atoms with Crippen molar-refractivity contribution in [2.75, 3.05) is 59.7 Å². The molecule has 3 heterocycles. The van der Waals surface area contributed by atoms with Crippen LogP contribution >= 0.6 is 0 Å². The molecule has 1 amide bonds. The lowest BCUT2D eigenvalue weighted by molar-refractivity contribution is -0.154. The fourth-order valence-corrected chi connectivity index (χ4v) is 4.31. The molecule has 0 N–H and O–H groups in total. The summed E-state index contributed by atoms with van der Waals surface area (Å²) in [7, 11) is 3.59. The second-order valence-electron chi connectivity index (χ2n) is 8.00. The molecular formula is C19H30N4O4. The number of methoxy groups -OCH3 is 1. The summed E-state index contributed by atoms with van der Waals surface area (Å²) in [6.45, 7) is 5.44. The van der Waals surface area contributed by atoms with Gasteiger partial charge >= 0.3 is 0 Å². The maximum atomic E-state index is 12.3. The lowest BCUT2D eigenvalue weighted by Crippen LogP contribution is -2.59. The Morgan fingerprint density at radius 2 is 2.19 bits per heavy atom. The topological polar surface area (TPSA) is 69.1 Å². The number of ether oxygens (including phenoxy) is 3. The Morgan fingerprint density at radius 1 is 1.33 bits per heavy atom. The van der Waals surface area contributed by atoms with Gasteiger partial charge < -0.3 is 19.1 Å². The van der Waals surface area contributed by atoms with Crippen molar-refractivity contribution >= 4 is 5.91 Å². The first kappa shape index (κ1) is 18.9. The van der Waals surface area contributed by atoms with Crippen LogP contribution in [0.25, 0.3) is 0 Å². The summed E-state index contributed by atoms with van der Waals surface area (Å²) >= 11 is 0. The Kier molecular flexibility index (Phi) is 5.50. The van der Waals surface area contributed by atoms with E-state index in [1.165, 1.54) is 24.1 Å². The van der Waals surface area contributed by atoms with Crippen LogP contribution in [0.4, 0.5) is 0 Å². The highest BCUT2D eigenvalue weighted by Crippen LogP contribution is 2.41. The largest absolute Gasteiger partial charge is 0.376 e. The molecule has 150 valence electrons. The van der Waals surface area contributed by atoms with E-state index in [0.717, 1.165) is 19.6 Å². The van der Waals surface area contributed by atoms with E-state index >= 15 is 0 Å². The summed E-state index contributed by atoms with van der Waals surface area (Å²) in [6, 6.07) is 0. The van der Waals surface area contributed by atoms with Crippen molar-refractivity contribution in [2.45, 2.75) is 30.9 Å². The minimum atomic E-state index is -0.472. The number of aromatic nitrogens is 2. The average molecular weight is 378 g/mol. The van der Waals surface area contributed by atoms with Gasteiger partial charge in [0.2, 0.25) is 5.91 Å². The molecule has 27 heavy (non-hydrogen) atoms. The van der Waals surface area contributed by atoms with Gasteiger partial charge in [0.1, 0.15) is 12.2 Å². The van der Waals surface area contributed by atoms with Crippen molar-refractivity contribution in [3.63, 3.8) is 0 Å². The zero-order valence-electron chi connectivity index (χ0n) is 16.4. The molecule has 1 spiro atoms. The van der Waals surface area contributed by atoms with Crippen LogP contribution in [0.1, 0.15) is 30.0 Å². The summed E-state index contributed by atoms with van der Waals surface area (Å²) in [5, 5.41) is 4.49. The number of nitrogens with zero attached hydrogens (tertiary/aromatic N) is 4. The number of carbonyl (C=O) groups excluding carboxylic acids is 1. The first-order valence-corrected chi connectivity index (χ1v) is 9.82. The van der Waals surface area contributed by atoms with E-state index in [4.69, 9.17) is 14.2 Å². The molecule has 2 aliphatic heterocycles. The molecule has 0 radical (unpaired) electrons. The fraction of sp³-hybridized carbons (Fsp3) is 0.789. The molecular weight excluding hydrogens is 348 g/mol. The molecule has 4 rings (SSSR count). The number of amides is 1. The third-order valence-corrected chi connectivity index (χ3v) is 5.72. The van der Waals surface area contributed by atoms with Crippen LogP contribution in [0.5, 0.6) is 0 Å². The van der Waals surface area contributed by atoms with Gasteiger partial charge in [-0.3, -0.25) is 14.4 Å². The summed E-state index contributed by atoms with van der Waals surface area (Å²) in [4.78, 5) is 16.6. The average Bonchev–Trinajstić information content (AvgIpc) is 3.44. The Balaban J connectivity index is 1.45. The predicted molar refractivity (Wildman–Crippen MR) is 98.4 cm³/mol. The third kappa shape index (κ3) is 4.18. The second kappa shape index (κ2) is 7.87. The second-order valence-corrected chi connectivity index (χ2v) is 8.00. The Bertz CT molecular complexity index is 675. The maximum Gasteiger partial charge on any atom is 0.248 e. The fourth-order valence-electron chi connectivity index (χ4n) is 4.31. The van der Waals surface area contributed by atoms with Gasteiger partial charge in [0, 0.05) is 57.5 Å². The van der Waals surface area contributed by atoms with E-state index in [1.807, 2.05) is 22.8 Å². The minimum absolute atomic E-state index is 0.00798.